The summed E-state index contributed by atoms with van der Waals surface area (Å²) < 4.78 is 32.9. The van der Waals surface area contributed by atoms with Gasteiger partial charge in [-0.15, -0.1) is 0 Å². The molecule has 1 heterocycles. The third kappa shape index (κ3) is 5.53. The lowest BCUT2D eigenvalue weighted by atomic mass is 9.91. The van der Waals surface area contributed by atoms with E-state index >= 15 is 0 Å². The molecule has 144 valence electrons. The van der Waals surface area contributed by atoms with Crippen molar-refractivity contribution in [3.63, 3.8) is 0 Å². The van der Waals surface area contributed by atoms with Gasteiger partial charge in [0.2, 0.25) is 5.95 Å². The first-order chi connectivity index (χ1) is 12.0. The first kappa shape index (κ1) is 19.9. The van der Waals surface area contributed by atoms with Crippen LogP contribution in [0.1, 0.15) is 56.8 Å². The van der Waals surface area contributed by atoms with Crippen molar-refractivity contribution in [3.05, 3.63) is 23.4 Å². The minimum absolute atomic E-state index is 0.0327. The maximum absolute atomic E-state index is 14.0. The van der Waals surface area contributed by atoms with Crippen molar-refractivity contribution in [1.82, 2.24) is 10.3 Å². The van der Waals surface area contributed by atoms with Crippen molar-refractivity contribution in [3.8, 4) is 0 Å². The number of primary amides is 1. The van der Waals surface area contributed by atoms with Crippen LogP contribution in [-0.2, 0) is 4.74 Å². The zero-order chi connectivity index (χ0) is 19.5. The number of hydrogen-bond donors (Lipinski definition) is 3. The smallest absolute Gasteiger partial charge is 0.407 e. The number of anilines is 1. The molecule has 9 heteroatoms. The molecule has 0 spiro atoms. The number of hydrogen-bond acceptors (Lipinski definition) is 5. The van der Waals surface area contributed by atoms with Crippen molar-refractivity contribution < 1.29 is 23.1 Å². The fourth-order valence-electron chi connectivity index (χ4n) is 2.79. The Morgan fingerprint density at radius 2 is 1.77 bits per heavy atom. The summed E-state index contributed by atoms with van der Waals surface area (Å²) in [6.07, 6.45) is 2.15. The molecular formula is C17H24F2N4O3. The van der Waals surface area contributed by atoms with Crippen LogP contribution in [0.5, 0.6) is 0 Å². The Labute approximate surface area is 150 Å². The van der Waals surface area contributed by atoms with Crippen LogP contribution in [0.15, 0.2) is 6.07 Å². The molecule has 1 aromatic heterocycles. The number of nitrogens with two attached hydrogens (primary N) is 1. The summed E-state index contributed by atoms with van der Waals surface area (Å²) in [6, 6.07) is 0.588. The van der Waals surface area contributed by atoms with Crippen LogP contribution >= 0.6 is 0 Å². The molecule has 0 saturated heterocycles. The van der Waals surface area contributed by atoms with Crippen LogP contribution in [0.4, 0.5) is 19.4 Å². The maximum atomic E-state index is 14.0. The third-order valence-corrected chi connectivity index (χ3v) is 3.98. The Kier molecular flexibility index (Phi) is 5.99. The van der Waals surface area contributed by atoms with E-state index in [0.29, 0.717) is 25.7 Å². The van der Waals surface area contributed by atoms with E-state index in [1.165, 1.54) is 0 Å². The predicted molar refractivity (Wildman–Crippen MR) is 91.7 cm³/mol. The number of alkyl carbamates (subject to hydrolysis) is 1. The van der Waals surface area contributed by atoms with Crippen molar-refractivity contribution >= 4 is 17.8 Å². The average Bonchev–Trinajstić information content (AvgIpc) is 2.50. The van der Waals surface area contributed by atoms with Gasteiger partial charge in [0, 0.05) is 12.1 Å². The topological polar surface area (TPSA) is 106 Å². The van der Waals surface area contributed by atoms with Gasteiger partial charge >= 0.3 is 6.09 Å². The number of carbonyl (C=O) groups is 2. The largest absolute Gasteiger partial charge is 0.444 e. The number of pyridine rings is 1. The quantitative estimate of drug-likeness (QED) is 0.707. The highest BCUT2D eigenvalue weighted by Gasteiger charge is 2.26. The van der Waals surface area contributed by atoms with Crippen LogP contribution in [0, 0.1) is 11.8 Å². The van der Waals surface area contributed by atoms with Gasteiger partial charge in [-0.05, 0) is 52.5 Å². The second-order valence-electron chi connectivity index (χ2n) is 7.36. The minimum Gasteiger partial charge on any atom is -0.444 e. The highest BCUT2D eigenvalue weighted by atomic mass is 19.1. The van der Waals surface area contributed by atoms with Gasteiger partial charge in [-0.25, -0.2) is 9.18 Å². The van der Waals surface area contributed by atoms with E-state index in [0.717, 1.165) is 6.07 Å². The lowest BCUT2D eigenvalue weighted by Crippen LogP contribution is -2.42. The van der Waals surface area contributed by atoms with E-state index in [-0.39, 0.29) is 17.9 Å². The molecule has 2 rings (SSSR count). The average molecular weight is 370 g/mol. The summed E-state index contributed by atoms with van der Waals surface area (Å²) in [5.41, 5.74) is 3.81. The molecule has 2 amide bonds. The molecule has 0 atom stereocenters. The summed E-state index contributed by atoms with van der Waals surface area (Å²) in [5, 5.41) is 5.66. The molecule has 4 N–H and O–H groups in total. The van der Waals surface area contributed by atoms with E-state index < -0.39 is 34.9 Å². The number of nitrogens with zero attached hydrogens (tertiary/aromatic N) is 1. The number of carbonyl (C=O) groups excluding carboxylic acids is 2. The van der Waals surface area contributed by atoms with Crippen molar-refractivity contribution in [2.24, 2.45) is 5.73 Å². The van der Waals surface area contributed by atoms with E-state index in [4.69, 9.17) is 10.5 Å². The molecule has 0 radical (unpaired) electrons. The second-order valence-corrected chi connectivity index (χ2v) is 7.36. The highest BCUT2D eigenvalue weighted by molar-refractivity contribution is 5.92. The molecule has 1 aliphatic rings. The molecule has 1 aliphatic carbocycles. The lowest BCUT2D eigenvalue weighted by molar-refractivity contribution is 0.0492. The fraction of sp³-hybridized carbons (Fsp3) is 0.588. The van der Waals surface area contributed by atoms with Crippen LogP contribution in [0.3, 0.4) is 0 Å². The fourth-order valence-corrected chi connectivity index (χ4v) is 2.79. The zero-order valence-corrected chi connectivity index (χ0v) is 15.1. The van der Waals surface area contributed by atoms with E-state index in [1.807, 2.05) is 0 Å². The van der Waals surface area contributed by atoms with Gasteiger partial charge in [0.25, 0.3) is 5.91 Å². The summed E-state index contributed by atoms with van der Waals surface area (Å²) in [4.78, 5) is 26.2. The minimum atomic E-state index is -1.11. The Morgan fingerprint density at radius 3 is 2.31 bits per heavy atom. The summed E-state index contributed by atoms with van der Waals surface area (Å²) in [7, 11) is 0. The zero-order valence-electron chi connectivity index (χ0n) is 15.1. The Bertz CT molecular complexity index is 683. The molecule has 1 fully saturated rings. The van der Waals surface area contributed by atoms with Crippen LogP contribution in [0.25, 0.3) is 0 Å². The molecule has 1 saturated carbocycles. The Balaban J connectivity index is 1.88. The van der Waals surface area contributed by atoms with Crippen LogP contribution in [-0.4, -0.2) is 34.7 Å². The summed E-state index contributed by atoms with van der Waals surface area (Å²) in [6.45, 7) is 5.37. The first-order valence-corrected chi connectivity index (χ1v) is 8.47. The normalized spacial score (nSPS) is 20.3. The highest BCUT2D eigenvalue weighted by Crippen LogP contribution is 2.24. The molecular weight excluding hydrogens is 346 g/mol. The summed E-state index contributed by atoms with van der Waals surface area (Å²) >= 11 is 0. The molecule has 0 unspecified atom stereocenters. The monoisotopic (exact) mass is 370 g/mol. The van der Waals surface area contributed by atoms with Gasteiger partial charge in [0.15, 0.2) is 11.6 Å². The van der Waals surface area contributed by atoms with Gasteiger partial charge in [-0.1, -0.05) is 0 Å². The third-order valence-electron chi connectivity index (χ3n) is 3.98. The molecule has 7 nitrogen and oxygen atoms in total. The van der Waals surface area contributed by atoms with E-state index in [2.05, 4.69) is 15.6 Å². The van der Waals surface area contributed by atoms with Gasteiger partial charge in [0.05, 0.1) is 5.56 Å². The van der Waals surface area contributed by atoms with Crippen molar-refractivity contribution in [1.29, 1.82) is 0 Å². The number of ether oxygens (including phenoxy) is 1. The van der Waals surface area contributed by atoms with Crippen molar-refractivity contribution in [2.45, 2.75) is 64.1 Å². The molecule has 0 bridgehead atoms. The van der Waals surface area contributed by atoms with E-state index in [9.17, 15) is 18.4 Å². The number of nitrogens with one attached hydrogen (secondary N) is 2. The first-order valence-electron chi connectivity index (χ1n) is 8.47. The number of aromatic nitrogens is 1. The molecule has 1 aromatic rings. The lowest BCUT2D eigenvalue weighted by Gasteiger charge is -2.30. The molecule has 0 aliphatic heterocycles. The molecule has 26 heavy (non-hydrogen) atoms. The predicted octanol–water partition coefficient (Wildman–Crippen LogP) is 2.71. The van der Waals surface area contributed by atoms with Crippen molar-refractivity contribution in [2.75, 3.05) is 5.32 Å². The van der Waals surface area contributed by atoms with E-state index in [1.54, 1.807) is 20.8 Å². The number of rotatable bonds is 4. The van der Waals surface area contributed by atoms with Gasteiger partial charge < -0.3 is 21.1 Å². The van der Waals surface area contributed by atoms with Gasteiger partial charge in [-0.2, -0.15) is 9.37 Å². The maximum Gasteiger partial charge on any atom is 0.407 e. The Hall–Kier alpha value is -2.45. The van der Waals surface area contributed by atoms with Gasteiger partial charge in [-0.3, -0.25) is 4.79 Å². The molecule has 0 aromatic carbocycles. The number of amides is 2. The van der Waals surface area contributed by atoms with Crippen LogP contribution in [0.2, 0.25) is 0 Å². The van der Waals surface area contributed by atoms with Crippen LogP contribution < -0.4 is 16.4 Å². The van der Waals surface area contributed by atoms with Gasteiger partial charge in [0.1, 0.15) is 5.60 Å². The Morgan fingerprint density at radius 1 is 1.19 bits per heavy atom. The SMILES string of the molecule is CC(C)(C)OC(=O)NC1CCC(Nc2nc(F)c(C(N)=O)cc2F)CC1. The number of halogens is 2. The second kappa shape index (κ2) is 7.84. The standard InChI is InChI=1S/C17H24F2N4O3/c1-17(2,3)26-16(25)22-10-6-4-9(5-7-10)21-15-12(18)8-11(14(20)24)13(19)23-15/h8-10H,4-7H2,1-3H3,(H2,20,24)(H,21,23)(H,22,25). The summed E-state index contributed by atoms with van der Waals surface area (Å²) in [5.74, 6) is -3.28.